The van der Waals surface area contributed by atoms with Gasteiger partial charge in [-0.25, -0.2) is 9.37 Å². The van der Waals surface area contributed by atoms with Crippen LogP contribution in [0.4, 0.5) is 4.39 Å². The predicted molar refractivity (Wildman–Crippen MR) is 57.9 cm³/mol. The van der Waals surface area contributed by atoms with Crippen LogP contribution in [-0.2, 0) is 0 Å². The lowest BCUT2D eigenvalue weighted by Crippen LogP contribution is -2.04. The summed E-state index contributed by atoms with van der Waals surface area (Å²) < 4.78 is 13.4. The molecule has 3 nitrogen and oxygen atoms in total. The van der Waals surface area contributed by atoms with Crippen molar-refractivity contribution in [2.75, 3.05) is 0 Å². The van der Waals surface area contributed by atoms with Gasteiger partial charge in [-0.15, -0.1) is 11.3 Å². The van der Waals surface area contributed by atoms with Gasteiger partial charge >= 0.3 is 0 Å². The third-order valence-electron chi connectivity index (χ3n) is 1.99. The van der Waals surface area contributed by atoms with Gasteiger partial charge in [-0.05, 0) is 13.0 Å². The zero-order valence-corrected chi connectivity index (χ0v) is 8.96. The monoisotopic (exact) mass is 223 g/mol. The minimum atomic E-state index is -0.358. The number of hydrogen-bond donors (Lipinski definition) is 1. The first kappa shape index (κ1) is 10.2. The standard InChI is InChI=1S/C10H10FN3S/c1-6(12)9-5-15-10(14-9)7-2-3-13-4-8(7)11/h2-6H,12H2,1H3. The second-order valence-corrected chi connectivity index (χ2v) is 4.08. The minimum absolute atomic E-state index is 0.125. The smallest absolute Gasteiger partial charge is 0.151 e. The second kappa shape index (κ2) is 4.04. The number of nitrogens with two attached hydrogens (primary N) is 1. The van der Waals surface area contributed by atoms with Crippen LogP contribution in [0, 0.1) is 5.82 Å². The number of pyridine rings is 1. The van der Waals surface area contributed by atoms with Gasteiger partial charge < -0.3 is 5.73 Å². The highest BCUT2D eigenvalue weighted by Crippen LogP contribution is 2.26. The second-order valence-electron chi connectivity index (χ2n) is 3.22. The van der Waals surface area contributed by atoms with Crippen molar-refractivity contribution >= 4 is 11.3 Å². The third-order valence-corrected chi connectivity index (χ3v) is 2.89. The first-order chi connectivity index (χ1) is 7.18. The van der Waals surface area contributed by atoms with Gasteiger partial charge in [0.15, 0.2) is 5.82 Å². The maximum Gasteiger partial charge on any atom is 0.151 e. The maximum atomic E-state index is 13.4. The first-order valence-corrected chi connectivity index (χ1v) is 5.37. The fraction of sp³-hybridized carbons (Fsp3) is 0.200. The molecule has 15 heavy (non-hydrogen) atoms. The molecule has 78 valence electrons. The van der Waals surface area contributed by atoms with Crippen LogP contribution in [0.3, 0.4) is 0 Å². The summed E-state index contributed by atoms with van der Waals surface area (Å²) in [6.07, 6.45) is 2.73. The highest BCUT2D eigenvalue weighted by Gasteiger charge is 2.10. The first-order valence-electron chi connectivity index (χ1n) is 4.49. The summed E-state index contributed by atoms with van der Waals surface area (Å²) in [4.78, 5) is 7.96. The lowest BCUT2D eigenvalue weighted by Gasteiger charge is -1.99. The molecule has 0 fully saturated rings. The molecule has 1 atom stereocenters. The molecular formula is C10H10FN3S. The molecule has 0 saturated heterocycles. The number of aromatic nitrogens is 2. The summed E-state index contributed by atoms with van der Waals surface area (Å²) in [7, 11) is 0. The Labute approximate surface area is 90.8 Å². The van der Waals surface area contributed by atoms with Crippen LogP contribution in [0.15, 0.2) is 23.8 Å². The molecule has 0 radical (unpaired) electrons. The molecule has 0 aliphatic heterocycles. The summed E-state index contributed by atoms with van der Waals surface area (Å²) in [6.45, 7) is 1.85. The highest BCUT2D eigenvalue weighted by molar-refractivity contribution is 7.13. The lowest BCUT2D eigenvalue weighted by atomic mass is 10.2. The third kappa shape index (κ3) is 2.03. The van der Waals surface area contributed by atoms with E-state index in [0.29, 0.717) is 10.6 Å². The molecular weight excluding hydrogens is 213 g/mol. The van der Waals surface area contributed by atoms with Gasteiger partial charge in [-0.1, -0.05) is 0 Å². The van der Waals surface area contributed by atoms with E-state index in [4.69, 9.17) is 5.73 Å². The van der Waals surface area contributed by atoms with E-state index in [9.17, 15) is 4.39 Å². The molecule has 0 aromatic carbocycles. The van der Waals surface area contributed by atoms with E-state index in [0.717, 1.165) is 5.69 Å². The van der Waals surface area contributed by atoms with Crippen molar-refractivity contribution in [1.29, 1.82) is 0 Å². The average Bonchev–Trinajstić information content (AvgIpc) is 2.67. The number of halogens is 1. The number of thiazole rings is 1. The van der Waals surface area contributed by atoms with Gasteiger partial charge in [0.25, 0.3) is 0 Å². The molecule has 2 rings (SSSR count). The molecule has 1 unspecified atom stereocenters. The molecule has 0 saturated carbocycles. The van der Waals surface area contributed by atoms with Crippen LogP contribution in [0.5, 0.6) is 0 Å². The Balaban J connectivity index is 2.42. The number of hydrogen-bond acceptors (Lipinski definition) is 4. The van der Waals surface area contributed by atoms with Crippen molar-refractivity contribution in [2.45, 2.75) is 13.0 Å². The van der Waals surface area contributed by atoms with Gasteiger partial charge in [-0.2, -0.15) is 0 Å². The van der Waals surface area contributed by atoms with Crippen LogP contribution in [0.2, 0.25) is 0 Å². The Bertz CT molecular complexity index is 467. The summed E-state index contributed by atoms with van der Waals surface area (Å²) in [6, 6.07) is 1.49. The number of rotatable bonds is 2. The predicted octanol–water partition coefficient (Wildman–Crippen LogP) is 2.36. The van der Waals surface area contributed by atoms with E-state index in [2.05, 4.69) is 9.97 Å². The zero-order valence-electron chi connectivity index (χ0n) is 8.14. The van der Waals surface area contributed by atoms with Crippen LogP contribution in [0.25, 0.3) is 10.6 Å². The molecule has 5 heteroatoms. The quantitative estimate of drug-likeness (QED) is 0.850. The molecule has 2 aromatic heterocycles. The Morgan fingerprint density at radius 1 is 1.53 bits per heavy atom. The Morgan fingerprint density at radius 2 is 2.33 bits per heavy atom. The zero-order chi connectivity index (χ0) is 10.8. The van der Waals surface area contributed by atoms with Crippen molar-refractivity contribution in [3.63, 3.8) is 0 Å². The molecule has 0 aliphatic rings. The molecule has 2 aromatic rings. The minimum Gasteiger partial charge on any atom is -0.323 e. The fourth-order valence-corrected chi connectivity index (χ4v) is 2.12. The molecule has 0 amide bonds. The van der Waals surface area contributed by atoms with Crippen LogP contribution >= 0.6 is 11.3 Å². The fourth-order valence-electron chi connectivity index (χ4n) is 1.17. The van der Waals surface area contributed by atoms with E-state index in [1.807, 2.05) is 12.3 Å². The van der Waals surface area contributed by atoms with Gasteiger partial charge in [0.1, 0.15) is 5.01 Å². The van der Waals surface area contributed by atoms with E-state index in [1.165, 1.54) is 17.5 Å². The molecule has 0 bridgehead atoms. The van der Waals surface area contributed by atoms with Crippen LogP contribution in [0.1, 0.15) is 18.7 Å². The topological polar surface area (TPSA) is 51.8 Å². The van der Waals surface area contributed by atoms with Crippen molar-refractivity contribution in [3.8, 4) is 10.6 Å². The van der Waals surface area contributed by atoms with Crippen molar-refractivity contribution < 1.29 is 4.39 Å². The molecule has 0 spiro atoms. The molecule has 2 N–H and O–H groups in total. The summed E-state index contributed by atoms with van der Waals surface area (Å²) in [5.74, 6) is -0.358. The summed E-state index contributed by atoms with van der Waals surface area (Å²) in [5.41, 5.74) is 6.94. The van der Waals surface area contributed by atoms with Crippen molar-refractivity contribution in [3.05, 3.63) is 35.4 Å². The largest absolute Gasteiger partial charge is 0.323 e. The van der Waals surface area contributed by atoms with E-state index < -0.39 is 0 Å². The molecule has 0 aliphatic carbocycles. The SMILES string of the molecule is CC(N)c1csc(-c2ccncc2F)n1. The van der Waals surface area contributed by atoms with Crippen LogP contribution < -0.4 is 5.73 Å². The van der Waals surface area contributed by atoms with Gasteiger partial charge in [-0.3, -0.25) is 4.98 Å². The van der Waals surface area contributed by atoms with E-state index >= 15 is 0 Å². The lowest BCUT2D eigenvalue weighted by molar-refractivity contribution is 0.624. The van der Waals surface area contributed by atoms with Crippen molar-refractivity contribution in [1.82, 2.24) is 9.97 Å². The Morgan fingerprint density at radius 3 is 2.93 bits per heavy atom. The van der Waals surface area contributed by atoms with E-state index in [1.54, 1.807) is 12.3 Å². The Hall–Kier alpha value is -1.33. The van der Waals surface area contributed by atoms with Gasteiger partial charge in [0.05, 0.1) is 11.9 Å². The van der Waals surface area contributed by atoms with Crippen LogP contribution in [-0.4, -0.2) is 9.97 Å². The summed E-state index contributed by atoms with van der Waals surface area (Å²) >= 11 is 1.39. The van der Waals surface area contributed by atoms with Gasteiger partial charge in [0, 0.05) is 23.2 Å². The number of nitrogens with zero attached hydrogens (tertiary/aromatic N) is 2. The maximum absolute atomic E-state index is 13.4. The summed E-state index contributed by atoms with van der Waals surface area (Å²) in [5, 5.41) is 2.49. The van der Waals surface area contributed by atoms with E-state index in [-0.39, 0.29) is 11.9 Å². The highest BCUT2D eigenvalue weighted by atomic mass is 32.1. The van der Waals surface area contributed by atoms with Gasteiger partial charge in [0.2, 0.25) is 0 Å². The molecule has 2 heterocycles. The average molecular weight is 223 g/mol. The van der Waals surface area contributed by atoms with Crippen molar-refractivity contribution in [2.24, 2.45) is 5.73 Å². The normalized spacial score (nSPS) is 12.7. The Kier molecular flexibility index (Phi) is 2.75.